The predicted molar refractivity (Wildman–Crippen MR) is 148 cm³/mol. The first kappa shape index (κ1) is 28.6. The van der Waals surface area contributed by atoms with Crippen LogP contribution in [0, 0.1) is 5.92 Å². The van der Waals surface area contributed by atoms with Crippen LogP contribution < -0.4 is 24.3 Å². The largest absolute Gasteiger partial charge is 0.495 e. The summed E-state index contributed by atoms with van der Waals surface area (Å²) in [4.78, 5) is 23.4. The third-order valence-corrected chi connectivity index (χ3v) is 7.39. The number of nitrogens with one attached hydrogen (secondary N) is 1. The van der Waals surface area contributed by atoms with Crippen molar-refractivity contribution in [3.63, 3.8) is 0 Å². The Balaban J connectivity index is 1.38. The number of amides is 1. The third-order valence-electron chi connectivity index (χ3n) is 7.39. The van der Waals surface area contributed by atoms with Crippen LogP contribution in [-0.2, 0) is 24.1 Å². The van der Waals surface area contributed by atoms with E-state index in [1.807, 2.05) is 12.1 Å². The molecule has 8 heteroatoms. The van der Waals surface area contributed by atoms with Gasteiger partial charge in [0, 0.05) is 31.0 Å². The molecule has 0 saturated heterocycles. The van der Waals surface area contributed by atoms with E-state index in [1.165, 1.54) is 12.8 Å². The Morgan fingerprint density at radius 1 is 1.05 bits per heavy atom. The Labute approximate surface area is 231 Å². The maximum atomic E-state index is 12.4. The number of aliphatic carboxylic acids is 1. The topological polar surface area (TPSA) is 103 Å². The van der Waals surface area contributed by atoms with Crippen molar-refractivity contribution in [1.29, 1.82) is 0 Å². The summed E-state index contributed by atoms with van der Waals surface area (Å²) >= 11 is 0. The van der Waals surface area contributed by atoms with Crippen molar-refractivity contribution in [2.24, 2.45) is 5.92 Å². The smallest absolute Gasteiger partial charge is 0.303 e. The number of benzene rings is 2. The van der Waals surface area contributed by atoms with Crippen LogP contribution in [0.15, 0.2) is 24.3 Å². The standard InChI is InChI=1S/C31H41NO7/c1-4-6-23-26(14-10-21-9-11-22(39-29(21)23)12-16-28(33)34)37-17-5-18-38-27-15-13-24(31(35)32-2)30(36-3)25(27)19-20-7-8-20/h10,13-15,20,22H,4-9,11-12,16-19H2,1-3H3,(H,32,35)(H,33,34)/t22-/m1/s1. The van der Waals surface area contributed by atoms with Crippen LogP contribution in [0.5, 0.6) is 23.0 Å². The second-order valence-electron chi connectivity index (χ2n) is 10.4. The molecule has 2 N–H and O–H groups in total. The molecule has 2 aromatic rings. The molecule has 1 fully saturated rings. The van der Waals surface area contributed by atoms with Gasteiger partial charge in [-0.05, 0) is 74.6 Å². The van der Waals surface area contributed by atoms with E-state index < -0.39 is 5.97 Å². The van der Waals surface area contributed by atoms with E-state index in [0.717, 1.165) is 66.0 Å². The van der Waals surface area contributed by atoms with Gasteiger partial charge in [-0.2, -0.15) is 0 Å². The minimum absolute atomic E-state index is 0.0792. The normalized spacial score (nSPS) is 16.1. The van der Waals surface area contributed by atoms with Gasteiger partial charge in [-0.25, -0.2) is 0 Å². The van der Waals surface area contributed by atoms with Gasteiger partial charge in [0.05, 0.1) is 32.0 Å². The zero-order valence-electron chi connectivity index (χ0n) is 23.3. The van der Waals surface area contributed by atoms with E-state index in [9.17, 15) is 9.59 Å². The van der Waals surface area contributed by atoms with Gasteiger partial charge in [-0.3, -0.25) is 9.59 Å². The van der Waals surface area contributed by atoms with E-state index in [0.29, 0.717) is 43.3 Å². The molecule has 1 aliphatic carbocycles. The maximum Gasteiger partial charge on any atom is 0.303 e. The molecular formula is C31H41NO7. The van der Waals surface area contributed by atoms with Crippen LogP contribution in [0.2, 0.25) is 0 Å². The first-order valence-corrected chi connectivity index (χ1v) is 14.2. The average Bonchev–Trinajstić information content (AvgIpc) is 3.76. The van der Waals surface area contributed by atoms with Crippen LogP contribution in [0.1, 0.15) is 78.9 Å². The minimum atomic E-state index is -0.794. The number of carbonyl (C=O) groups excluding carboxylic acids is 1. The molecule has 0 unspecified atom stereocenters. The Hall–Kier alpha value is -3.42. The lowest BCUT2D eigenvalue weighted by Crippen LogP contribution is -2.24. The van der Waals surface area contributed by atoms with Gasteiger partial charge in [0.2, 0.25) is 0 Å². The molecular weight excluding hydrogens is 498 g/mol. The molecule has 1 amide bonds. The van der Waals surface area contributed by atoms with E-state index in [-0.39, 0.29) is 18.4 Å². The third kappa shape index (κ3) is 7.37. The summed E-state index contributed by atoms with van der Waals surface area (Å²) in [5, 5.41) is 11.7. The van der Waals surface area contributed by atoms with E-state index in [1.54, 1.807) is 20.2 Å². The summed E-state index contributed by atoms with van der Waals surface area (Å²) < 4.78 is 24.3. The molecule has 0 aromatic heterocycles. The van der Waals surface area contributed by atoms with Crippen LogP contribution in [-0.4, -0.2) is 50.5 Å². The highest BCUT2D eigenvalue weighted by atomic mass is 16.5. The zero-order chi connectivity index (χ0) is 27.8. The number of carboxylic acid groups (broad SMARTS) is 1. The summed E-state index contributed by atoms with van der Waals surface area (Å²) in [5.41, 5.74) is 3.71. The lowest BCUT2D eigenvalue weighted by molar-refractivity contribution is -0.137. The Bertz CT molecular complexity index is 1160. The lowest BCUT2D eigenvalue weighted by atomic mass is 9.95. The number of rotatable bonds is 15. The van der Waals surface area contributed by atoms with E-state index >= 15 is 0 Å². The first-order chi connectivity index (χ1) is 18.9. The van der Waals surface area contributed by atoms with Gasteiger partial charge in [-0.15, -0.1) is 0 Å². The molecule has 8 nitrogen and oxygen atoms in total. The molecule has 1 atom stereocenters. The number of methoxy groups -OCH3 is 1. The fourth-order valence-corrected chi connectivity index (χ4v) is 5.17. The highest BCUT2D eigenvalue weighted by Gasteiger charge is 2.28. The molecule has 4 rings (SSSR count). The molecule has 1 heterocycles. The van der Waals surface area contributed by atoms with Crippen LogP contribution in [0.25, 0.3) is 0 Å². The van der Waals surface area contributed by atoms with Crippen LogP contribution in [0.4, 0.5) is 0 Å². The van der Waals surface area contributed by atoms with Crippen molar-refractivity contribution in [2.75, 3.05) is 27.4 Å². The number of ether oxygens (including phenoxy) is 4. The molecule has 1 aliphatic heterocycles. The van der Waals surface area contributed by atoms with Gasteiger partial charge in [0.15, 0.2) is 0 Å². The molecule has 1 saturated carbocycles. The number of carbonyl (C=O) groups is 2. The van der Waals surface area contributed by atoms with Gasteiger partial charge in [-0.1, -0.05) is 19.4 Å². The maximum absolute atomic E-state index is 12.4. The summed E-state index contributed by atoms with van der Waals surface area (Å²) in [5.74, 6) is 2.69. The fourth-order valence-electron chi connectivity index (χ4n) is 5.17. The van der Waals surface area contributed by atoms with Crippen LogP contribution >= 0.6 is 0 Å². The lowest BCUT2D eigenvalue weighted by Gasteiger charge is -2.29. The van der Waals surface area contributed by atoms with E-state index in [2.05, 4.69) is 18.3 Å². The van der Waals surface area contributed by atoms with Crippen molar-refractivity contribution in [3.8, 4) is 23.0 Å². The minimum Gasteiger partial charge on any atom is -0.495 e. The molecule has 0 spiro atoms. The summed E-state index contributed by atoms with van der Waals surface area (Å²) in [6.07, 6.45) is 7.95. The zero-order valence-corrected chi connectivity index (χ0v) is 23.3. The average molecular weight is 540 g/mol. The van der Waals surface area contributed by atoms with Gasteiger partial charge in [0.1, 0.15) is 23.0 Å². The molecule has 0 bridgehead atoms. The van der Waals surface area contributed by atoms with Crippen molar-refractivity contribution in [1.82, 2.24) is 5.32 Å². The van der Waals surface area contributed by atoms with Gasteiger partial charge >= 0.3 is 5.97 Å². The monoisotopic (exact) mass is 539 g/mol. The highest BCUT2D eigenvalue weighted by Crippen LogP contribution is 2.41. The predicted octanol–water partition coefficient (Wildman–Crippen LogP) is 5.37. The summed E-state index contributed by atoms with van der Waals surface area (Å²) in [7, 11) is 3.21. The molecule has 2 aliphatic rings. The highest BCUT2D eigenvalue weighted by molar-refractivity contribution is 5.97. The van der Waals surface area contributed by atoms with Crippen molar-refractivity contribution >= 4 is 11.9 Å². The fraction of sp³-hybridized carbons (Fsp3) is 0.548. The number of hydrogen-bond acceptors (Lipinski definition) is 6. The Kier molecular flexibility index (Phi) is 9.96. The molecule has 39 heavy (non-hydrogen) atoms. The number of fused-ring (bicyclic) bond motifs is 1. The Morgan fingerprint density at radius 3 is 2.41 bits per heavy atom. The van der Waals surface area contributed by atoms with Gasteiger partial charge in [0.25, 0.3) is 5.91 Å². The molecule has 212 valence electrons. The number of carboxylic acids is 1. The molecule has 2 aromatic carbocycles. The summed E-state index contributed by atoms with van der Waals surface area (Å²) in [6.45, 7) is 3.09. The quantitative estimate of drug-likeness (QED) is 0.294. The number of hydrogen-bond donors (Lipinski definition) is 2. The molecule has 0 radical (unpaired) electrons. The van der Waals surface area contributed by atoms with Crippen molar-refractivity contribution in [3.05, 3.63) is 46.5 Å². The van der Waals surface area contributed by atoms with Crippen molar-refractivity contribution in [2.45, 2.75) is 77.2 Å². The second-order valence-corrected chi connectivity index (χ2v) is 10.4. The first-order valence-electron chi connectivity index (χ1n) is 14.2. The van der Waals surface area contributed by atoms with E-state index in [4.69, 9.17) is 24.1 Å². The summed E-state index contributed by atoms with van der Waals surface area (Å²) in [6, 6.07) is 7.72. The van der Waals surface area contributed by atoms with Crippen molar-refractivity contribution < 1.29 is 33.6 Å². The Morgan fingerprint density at radius 2 is 1.77 bits per heavy atom. The van der Waals surface area contributed by atoms with Gasteiger partial charge < -0.3 is 29.4 Å². The SMILES string of the molecule is CCCc1c(OCCCOc2ccc(C(=O)NC)c(OC)c2CC2CC2)ccc2c1O[C@@H](CCC(=O)O)CC2. The van der Waals surface area contributed by atoms with Crippen LogP contribution in [0.3, 0.4) is 0 Å². The second kappa shape index (κ2) is 13.6. The number of aryl methyl sites for hydroxylation is 1.